The fraction of sp³-hybridized carbons (Fsp3) is 0.476. The van der Waals surface area contributed by atoms with Crippen LogP contribution in [0.4, 0.5) is 0 Å². The topological polar surface area (TPSA) is 83.0 Å². The predicted molar refractivity (Wildman–Crippen MR) is 118 cm³/mol. The molecule has 0 radical (unpaired) electrons. The van der Waals surface area contributed by atoms with Crippen LogP contribution in [0.25, 0.3) is 10.8 Å². The van der Waals surface area contributed by atoms with Gasteiger partial charge in [-0.15, -0.1) is 0 Å². The highest BCUT2D eigenvalue weighted by Crippen LogP contribution is 2.20. The second kappa shape index (κ2) is 9.93. The summed E-state index contributed by atoms with van der Waals surface area (Å²) in [6, 6.07) is 14.4. The first-order chi connectivity index (χ1) is 14.0. The van der Waals surface area contributed by atoms with Crippen molar-refractivity contribution in [3.8, 4) is 5.75 Å². The summed E-state index contributed by atoms with van der Waals surface area (Å²) >= 11 is 0. The van der Waals surface area contributed by atoms with Crippen LogP contribution in [0.2, 0.25) is 0 Å². The van der Waals surface area contributed by atoms with Gasteiger partial charge in [-0.1, -0.05) is 30.3 Å². The number of aliphatic imine (C=N–C) groups is 1. The Morgan fingerprint density at radius 3 is 2.72 bits per heavy atom. The molecule has 0 aliphatic carbocycles. The average molecular weight is 419 g/mol. The van der Waals surface area contributed by atoms with Gasteiger partial charge in [0.15, 0.2) is 5.96 Å². The third-order valence-electron chi connectivity index (χ3n) is 5.10. The largest absolute Gasteiger partial charge is 0.494 e. The lowest BCUT2D eigenvalue weighted by atomic mass is 10.1. The number of ether oxygens (including phenoxy) is 1. The summed E-state index contributed by atoms with van der Waals surface area (Å²) in [6.45, 7) is 3.24. The van der Waals surface area contributed by atoms with E-state index in [1.807, 2.05) is 18.2 Å². The minimum Gasteiger partial charge on any atom is -0.494 e. The molecular weight excluding hydrogens is 388 g/mol. The molecule has 1 aliphatic rings. The van der Waals surface area contributed by atoms with E-state index in [1.54, 1.807) is 11.4 Å². The molecule has 2 aromatic carbocycles. The van der Waals surface area contributed by atoms with Gasteiger partial charge >= 0.3 is 0 Å². The summed E-state index contributed by atoms with van der Waals surface area (Å²) in [5.74, 6) is 1.91. The molecule has 0 amide bonds. The number of nitrogens with zero attached hydrogens (tertiary/aromatic N) is 2. The molecule has 7 nitrogen and oxygen atoms in total. The smallest absolute Gasteiger partial charge is 0.211 e. The van der Waals surface area contributed by atoms with Gasteiger partial charge in [0.05, 0.1) is 12.9 Å². The Kier molecular flexibility index (Phi) is 7.33. The molecule has 1 heterocycles. The Morgan fingerprint density at radius 2 is 2.00 bits per heavy atom. The zero-order chi connectivity index (χ0) is 20.7. The summed E-state index contributed by atoms with van der Waals surface area (Å²) in [4.78, 5) is 4.23. The molecule has 0 bridgehead atoms. The van der Waals surface area contributed by atoms with E-state index in [0.717, 1.165) is 31.1 Å². The number of hydrogen-bond acceptors (Lipinski definition) is 4. The van der Waals surface area contributed by atoms with Gasteiger partial charge in [0.25, 0.3) is 0 Å². The van der Waals surface area contributed by atoms with E-state index >= 15 is 0 Å². The number of fused-ring (bicyclic) bond motifs is 1. The molecule has 3 rings (SSSR count). The van der Waals surface area contributed by atoms with Crippen LogP contribution < -0.4 is 15.4 Å². The SMILES string of the molecule is CN=C(NCCCOc1ccc2ccccc2c1)NCC1CCN(S(C)(=O)=O)C1. The molecule has 2 N–H and O–H groups in total. The molecule has 1 unspecified atom stereocenters. The van der Waals surface area contributed by atoms with Crippen molar-refractivity contribution >= 4 is 26.8 Å². The molecule has 1 fully saturated rings. The lowest BCUT2D eigenvalue weighted by Gasteiger charge is -2.16. The predicted octanol–water partition coefficient (Wildman–Crippen LogP) is 2.06. The maximum absolute atomic E-state index is 11.6. The van der Waals surface area contributed by atoms with E-state index in [0.29, 0.717) is 32.2 Å². The highest BCUT2D eigenvalue weighted by molar-refractivity contribution is 7.88. The lowest BCUT2D eigenvalue weighted by molar-refractivity contribution is 0.311. The molecule has 2 aromatic rings. The first-order valence-corrected chi connectivity index (χ1v) is 11.8. The first-order valence-electron chi connectivity index (χ1n) is 9.97. The van der Waals surface area contributed by atoms with Crippen LogP contribution >= 0.6 is 0 Å². The Morgan fingerprint density at radius 1 is 1.21 bits per heavy atom. The van der Waals surface area contributed by atoms with Crippen LogP contribution in [0.5, 0.6) is 5.75 Å². The van der Waals surface area contributed by atoms with Crippen molar-refractivity contribution in [1.29, 1.82) is 0 Å². The summed E-state index contributed by atoms with van der Waals surface area (Å²) < 4.78 is 30.6. The lowest BCUT2D eigenvalue weighted by Crippen LogP contribution is -2.41. The molecule has 0 spiro atoms. The molecule has 1 aliphatic heterocycles. The van der Waals surface area contributed by atoms with Crippen molar-refractivity contribution in [3.05, 3.63) is 42.5 Å². The zero-order valence-electron chi connectivity index (χ0n) is 17.1. The normalized spacial score (nSPS) is 18.1. The van der Waals surface area contributed by atoms with Crippen LogP contribution in [-0.2, 0) is 10.0 Å². The highest BCUT2D eigenvalue weighted by Gasteiger charge is 2.28. The van der Waals surface area contributed by atoms with Gasteiger partial charge in [0, 0.05) is 33.2 Å². The second-order valence-electron chi connectivity index (χ2n) is 7.37. The van der Waals surface area contributed by atoms with Crippen LogP contribution in [0.15, 0.2) is 47.5 Å². The van der Waals surface area contributed by atoms with Gasteiger partial charge in [-0.3, -0.25) is 4.99 Å². The number of hydrogen-bond donors (Lipinski definition) is 2. The Bertz CT molecular complexity index is 946. The minimum atomic E-state index is -3.09. The van der Waals surface area contributed by atoms with Crippen molar-refractivity contribution in [1.82, 2.24) is 14.9 Å². The van der Waals surface area contributed by atoms with Crippen molar-refractivity contribution < 1.29 is 13.2 Å². The van der Waals surface area contributed by atoms with Gasteiger partial charge in [0.2, 0.25) is 10.0 Å². The van der Waals surface area contributed by atoms with E-state index in [-0.39, 0.29) is 0 Å². The summed E-state index contributed by atoms with van der Waals surface area (Å²) in [7, 11) is -1.36. The van der Waals surface area contributed by atoms with E-state index in [1.165, 1.54) is 17.0 Å². The van der Waals surface area contributed by atoms with Crippen molar-refractivity contribution in [2.45, 2.75) is 12.8 Å². The summed E-state index contributed by atoms with van der Waals surface area (Å²) in [6.07, 6.45) is 2.98. The standard InChI is InChI=1S/C21H30N4O3S/c1-22-21(24-15-17-10-12-25(16-17)29(2,26)27)23-11-5-13-28-20-9-8-18-6-3-4-7-19(18)14-20/h3-4,6-9,14,17H,5,10-13,15-16H2,1-2H3,(H2,22,23,24). The van der Waals surface area contributed by atoms with E-state index in [4.69, 9.17) is 4.74 Å². The van der Waals surface area contributed by atoms with Gasteiger partial charge in [-0.25, -0.2) is 12.7 Å². The summed E-state index contributed by atoms with van der Waals surface area (Å²) in [5.41, 5.74) is 0. The van der Waals surface area contributed by atoms with Gasteiger partial charge < -0.3 is 15.4 Å². The number of benzene rings is 2. The molecule has 1 atom stereocenters. The first kappa shape index (κ1) is 21.4. The van der Waals surface area contributed by atoms with E-state index in [9.17, 15) is 8.42 Å². The van der Waals surface area contributed by atoms with Crippen molar-refractivity contribution in [2.75, 3.05) is 46.1 Å². The zero-order valence-corrected chi connectivity index (χ0v) is 17.9. The van der Waals surface area contributed by atoms with Crippen molar-refractivity contribution in [3.63, 3.8) is 0 Å². The highest BCUT2D eigenvalue weighted by atomic mass is 32.2. The monoisotopic (exact) mass is 418 g/mol. The van der Waals surface area contributed by atoms with Crippen LogP contribution in [0.3, 0.4) is 0 Å². The Labute approximate surface area is 173 Å². The number of nitrogens with one attached hydrogen (secondary N) is 2. The van der Waals surface area contributed by atoms with E-state index in [2.05, 4.69) is 39.9 Å². The minimum absolute atomic E-state index is 0.305. The number of sulfonamides is 1. The molecular formula is C21H30N4O3S. The molecule has 0 saturated carbocycles. The summed E-state index contributed by atoms with van der Waals surface area (Å²) in [5, 5.41) is 8.95. The Balaban J connectivity index is 1.33. The average Bonchev–Trinajstić information content (AvgIpc) is 3.19. The van der Waals surface area contributed by atoms with E-state index < -0.39 is 10.0 Å². The van der Waals surface area contributed by atoms with Gasteiger partial charge in [0.1, 0.15) is 5.75 Å². The van der Waals surface area contributed by atoms with Crippen molar-refractivity contribution in [2.24, 2.45) is 10.9 Å². The van der Waals surface area contributed by atoms with Crippen LogP contribution in [0, 0.1) is 5.92 Å². The third kappa shape index (κ3) is 6.33. The molecule has 0 aromatic heterocycles. The fourth-order valence-electron chi connectivity index (χ4n) is 3.45. The maximum atomic E-state index is 11.6. The fourth-order valence-corrected chi connectivity index (χ4v) is 4.37. The molecule has 1 saturated heterocycles. The third-order valence-corrected chi connectivity index (χ3v) is 6.37. The second-order valence-corrected chi connectivity index (χ2v) is 9.35. The quantitative estimate of drug-likeness (QED) is 0.390. The van der Waals surface area contributed by atoms with Gasteiger partial charge in [-0.2, -0.15) is 0 Å². The maximum Gasteiger partial charge on any atom is 0.211 e. The molecule has 8 heteroatoms. The van der Waals surface area contributed by atoms with Crippen LogP contribution in [0.1, 0.15) is 12.8 Å². The van der Waals surface area contributed by atoms with Gasteiger partial charge in [-0.05, 0) is 41.7 Å². The Hall–Kier alpha value is -2.32. The number of rotatable bonds is 8. The molecule has 29 heavy (non-hydrogen) atoms. The number of guanidine groups is 1. The molecule has 158 valence electrons. The van der Waals surface area contributed by atoms with Crippen LogP contribution in [-0.4, -0.2) is 64.8 Å².